The molecular formula is C14H18N4O2S. The van der Waals surface area contributed by atoms with Crippen molar-refractivity contribution in [3.05, 3.63) is 35.9 Å². The summed E-state index contributed by atoms with van der Waals surface area (Å²) in [5.41, 5.74) is 0.898. The van der Waals surface area contributed by atoms with Crippen LogP contribution in [0, 0.1) is 0 Å². The Balaban J connectivity index is 2.33. The van der Waals surface area contributed by atoms with Crippen LogP contribution in [0.3, 0.4) is 0 Å². The normalized spacial score (nSPS) is 12.1. The Morgan fingerprint density at radius 3 is 2.86 bits per heavy atom. The van der Waals surface area contributed by atoms with Crippen molar-refractivity contribution < 1.29 is 9.90 Å². The summed E-state index contributed by atoms with van der Waals surface area (Å²) >= 11 is 1.52. The molecule has 2 rings (SSSR count). The molecule has 0 aliphatic heterocycles. The third-order valence-corrected chi connectivity index (χ3v) is 3.99. The zero-order chi connectivity index (χ0) is 15.4. The first-order valence-electron chi connectivity index (χ1n) is 6.64. The van der Waals surface area contributed by atoms with Crippen molar-refractivity contribution >= 4 is 23.4 Å². The van der Waals surface area contributed by atoms with Gasteiger partial charge >= 0.3 is 5.97 Å². The third-order valence-electron chi connectivity index (χ3n) is 3.05. The van der Waals surface area contributed by atoms with Gasteiger partial charge in [0.05, 0.1) is 17.3 Å². The zero-order valence-corrected chi connectivity index (χ0v) is 13.0. The number of hydrogen-bond acceptors (Lipinski definition) is 5. The molecule has 21 heavy (non-hydrogen) atoms. The Hall–Kier alpha value is -2.02. The number of nitrogens with zero attached hydrogens (tertiary/aromatic N) is 3. The monoisotopic (exact) mass is 306 g/mol. The van der Waals surface area contributed by atoms with Crippen molar-refractivity contribution in [3.8, 4) is 0 Å². The minimum atomic E-state index is -0.931. The van der Waals surface area contributed by atoms with Crippen LogP contribution in [0.2, 0.25) is 0 Å². The molecule has 0 spiro atoms. The highest BCUT2D eigenvalue weighted by molar-refractivity contribution is 7.99. The molecule has 0 fully saturated rings. The van der Waals surface area contributed by atoms with Gasteiger partial charge in [-0.15, -0.1) is 22.0 Å². The third kappa shape index (κ3) is 3.36. The molecule has 0 saturated heterocycles. The summed E-state index contributed by atoms with van der Waals surface area (Å²) in [6.07, 6.45) is 1.62. The van der Waals surface area contributed by atoms with E-state index < -0.39 is 5.97 Å². The van der Waals surface area contributed by atoms with Crippen molar-refractivity contribution in [1.29, 1.82) is 0 Å². The van der Waals surface area contributed by atoms with E-state index in [1.165, 1.54) is 11.8 Å². The van der Waals surface area contributed by atoms with E-state index in [0.717, 1.165) is 16.5 Å². The Morgan fingerprint density at radius 1 is 1.52 bits per heavy atom. The fourth-order valence-corrected chi connectivity index (χ4v) is 2.96. The molecule has 2 aromatic rings. The van der Waals surface area contributed by atoms with Gasteiger partial charge in [0.1, 0.15) is 6.33 Å². The topological polar surface area (TPSA) is 80.0 Å². The number of aryl methyl sites for hydroxylation is 1. The van der Waals surface area contributed by atoms with E-state index >= 15 is 0 Å². The van der Waals surface area contributed by atoms with Gasteiger partial charge in [0.25, 0.3) is 0 Å². The number of carboxylic acid groups (broad SMARTS) is 1. The molecule has 0 saturated carbocycles. The lowest BCUT2D eigenvalue weighted by molar-refractivity contribution is 0.0694. The zero-order valence-electron chi connectivity index (χ0n) is 12.2. The molecule has 6 nitrogen and oxygen atoms in total. The van der Waals surface area contributed by atoms with Crippen LogP contribution in [0.15, 0.2) is 29.4 Å². The molecule has 1 aromatic heterocycles. The van der Waals surface area contributed by atoms with Crippen molar-refractivity contribution in [2.75, 3.05) is 11.1 Å². The Morgan fingerprint density at radius 2 is 2.29 bits per heavy atom. The van der Waals surface area contributed by atoms with E-state index in [9.17, 15) is 9.90 Å². The van der Waals surface area contributed by atoms with Gasteiger partial charge < -0.3 is 15.0 Å². The molecule has 0 bridgehead atoms. The van der Waals surface area contributed by atoms with Gasteiger partial charge in [-0.1, -0.05) is 13.0 Å². The highest BCUT2D eigenvalue weighted by Crippen LogP contribution is 2.30. The number of aromatic nitrogens is 3. The molecule has 0 amide bonds. The first kappa shape index (κ1) is 15.4. The SMILES string of the molecule is CCSc1cccc(NC(C)c2nncn2C)c1C(=O)O. The van der Waals surface area contributed by atoms with Gasteiger partial charge in [0.15, 0.2) is 5.82 Å². The van der Waals surface area contributed by atoms with Gasteiger partial charge in [-0.25, -0.2) is 4.79 Å². The lowest BCUT2D eigenvalue weighted by atomic mass is 10.1. The van der Waals surface area contributed by atoms with Crippen LogP contribution in [-0.2, 0) is 7.05 Å². The Bertz CT molecular complexity index is 642. The largest absolute Gasteiger partial charge is 0.478 e. The van der Waals surface area contributed by atoms with Crippen LogP contribution in [0.1, 0.15) is 36.1 Å². The van der Waals surface area contributed by atoms with Crippen LogP contribution in [0.25, 0.3) is 0 Å². The lowest BCUT2D eigenvalue weighted by Gasteiger charge is -2.17. The molecule has 112 valence electrons. The number of benzene rings is 1. The average molecular weight is 306 g/mol. The maximum Gasteiger partial charge on any atom is 0.338 e. The quantitative estimate of drug-likeness (QED) is 0.799. The smallest absolute Gasteiger partial charge is 0.338 e. The number of carboxylic acids is 1. The minimum absolute atomic E-state index is 0.141. The van der Waals surface area contributed by atoms with Gasteiger partial charge in [0.2, 0.25) is 0 Å². The maximum absolute atomic E-state index is 11.6. The summed E-state index contributed by atoms with van der Waals surface area (Å²) in [6, 6.07) is 5.32. The second kappa shape index (κ2) is 6.62. The summed E-state index contributed by atoms with van der Waals surface area (Å²) in [7, 11) is 1.86. The van der Waals surface area contributed by atoms with E-state index in [1.54, 1.807) is 12.4 Å². The fourth-order valence-electron chi connectivity index (χ4n) is 2.13. The predicted octanol–water partition coefficient (Wildman–Crippen LogP) is 2.80. The summed E-state index contributed by atoms with van der Waals surface area (Å²) < 4.78 is 1.81. The van der Waals surface area contributed by atoms with E-state index in [4.69, 9.17) is 0 Å². The van der Waals surface area contributed by atoms with Crippen molar-refractivity contribution in [2.45, 2.75) is 24.8 Å². The van der Waals surface area contributed by atoms with Crippen LogP contribution in [0.5, 0.6) is 0 Å². The first-order chi connectivity index (χ1) is 10.0. The van der Waals surface area contributed by atoms with Crippen LogP contribution in [0.4, 0.5) is 5.69 Å². The molecule has 0 aliphatic carbocycles. The second-order valence-corrected chi connectivity index (χ2v) is 5.89. The summed E-state index contributed by atoms with van der Waals surface area (Å²) in [6.45, 7) is 3.92. The maximum atomic E-state index is 11.6. The molecule has 0 aliphatic rings. The molecule has 1 heterocycles. The van der Waals surface area contributed by atoms with Crippen LogP contribution < -0.4 is 5.32 Å². The van der Waals surface area contributed by atoms with Crippen molar-refractivity contribution in [1.82, 2.24) is 14.8 Å². The lowest BCUT2D eigenvalue weighted by Crippen LogP contribution is -2.15. The average Bonchev–Trinajstić information content (AvgIpc) is 2.85. The molecule has 0 radical (unpaired) electrons. The van der Waals surface area contributed by atoms with Crippen LogP contribution in [-0.4, -0.2) is 31.6 Å². The number of aromatic carboxylic acids is 1. The van der Waals surface area contributed by atoms with Gasteiger partial charge in [-0.3, -0.25) is 0 Å². The Labute approximate surface area is 127 Å². The summed E-state index contributed by atoms with van der Waals surface area (Å²) in [5, 5.41) is 20.6. The second-order valence-electron chi connectivity index (χ2n) is 4.58. The number of nitrogens with one attached hydrogen (secondary N) is 1. The standard InChI is InChI=1S/C14H18N4O2S/c1-4-21-11-7-5-6-10(12(11)14(19)20)16-9(2)13-17-15-8-18(13)3/h5-9,16H,4H2,1-3H3,(H,19,20). The van der Waals surface area contributed by atoms with Gasteiger partial charge in [-0.05, 0) is 24.8 Å². The van der Waals surface area contributed by atoms with E-state index in [2.05, 4.69) is 15.5 Å². The van der Waals surface area contributed by atoms with Crippen LogP contribution >= 0.6 is 11.8 Å². The van der Waals surface area contributed by atoms with E-state index in [-0.39, 0.29) is 6.04 Å². The fraction of sp³-hybridized carbons (Fsp3) is 0.357. The Kier molecular flexibility index (Phi) is 4.85. The highest BCUT2D eigenvalue weighted by atomic mass is 32.2. The highest BCUT2D eigenvalue weighted by Gasteiger charge is 2.19. The van der Waals surface area contributed by atoms with E-state index in [0.29, 0.717) is 11.3 Å². The van der Waals surface area contributed by atoms with Gasteiger partial charge in [0, 0.05) is 11.9 Å². The first-order valence-corrected chi connectivity index (χ1v) is 7.62. The molecule has 1 aromatic carbocycles. The molecule has 2 N–H and O–H groups in total. The summed E-state index contributed by atoms with van der Waals surface area (Å²) in [5.74, 6) is 0.641. The number of thioether (sulfide) groups is 1. The number of anilines is 1. The van der Waals surface area contributed by atoms with Crippen molar-refractivity contribution in [2.24, 2.45) is 7.05 Å². The molecular weight excluding hydrogens is 288 g/mol. The predicted molar refractivity (Wildman–Crippen MR) is 82.8 cm³/mol. The number of carbonyl (C=O) groups is 1. The minimum Gasteiger partial charge on any atom is -0.478 e. The molecule has 1 unspecified atom stereocenters. The number of rotatable bonds is 6. The van der Waals surface area contributed by atoms with E-state index in [1.807, 2.05) is 37.6 Å². The molecule has 7 heteroatoms. The summed E-state index contributed by atoms with van der Waals surface area (Å²) in [4.78, 5) is 12.3. The molecule has 1 atom stereocenters. The van der Waals surface area contributed by atoms with Crippen molar-refractivity contribution in [3.63, 3.8) is 0 Å². The number of hydrogen-bond donors (Lipinski definition) is 2. The van der Waals surface area contributed by atoms with Gasteiger partial charge in [-0.2, -0.15) is 0 Å².